The van der Waals surface area contributed by atoms with Gasteiger partial charge in [-0.3, -0.25) is 20.6 Å². The Kier molecular flexibility index (Phi) is 4.84. The molecule has 0 aliphatic heterocycles. The second-order valence-corrected chi connectivity index (χ2v) is 4.92. The maximum Gasteiger partial charge on any atom is 0.269 e. The molecule has 0 saturated heterocycles. The first-order valence-electron chi connectivity index (χ1n) is 6.41. The first-order chi connectivity index (χ1) is 10.1. The van der Waals surface area contributed by atoms with Gasteiger partial charge in [0.1, 0.15) is 0 Å². The van der Waals surface area contributed by atoms with Crippen LogP contribution in [-0.4, -0.2) is 16.0 Å². The van der Waals surface area contributed by atoms with Crippen LogP contribution in [0, 0.1) is 13.8 Å². The van der Waals surface area contributed by atoms with Gasteiger partial charge in [0.15, 0.2) is 5.11 Å². The number of aromatic nitrogens is 1. The summed E-state index contributed by atoms with van der Waals surface area (Å²) in [5, 5.41) is 3.38. The lowest BCUT2D eigenvalue weighted by molar-refractivity contribution is 0.0944. The number of nitrogens with one attached hydrogen (secondary N) is 3. The molecule has 3 N–H and O–H groups in total. The summed E-state index contributed by atoms with van der Waals surface area (Å²) in [5.74, 6) is -0.275. The van der Waals surface area contributed by atoms with E-state index in [9.17, 15) is 4.79 Å². The number of rotatable bonds is 2. The molecule has 21 heavy (non-hydrogen) atoms. The average Bonchev–Trinajstić information content (AvgIpc) is 2.50. The van der Waals surface area contributed by atoms with E-state index in [1.807, 2.05) is 32.0 Å². The highest BCUT2D eigenvalue weighted by Crippen LogP contribution is 2.17. The number of amides is 1. The molecule has 0 atom stereocenters. The predicted octanol–water partition coefficient (Wildman–Crippen LogP) is 2.33. The second kappa shape index (κ2) is 6.81. The van der Waals surface area contributed by atoms with Crippen LogP contribution in [0.3, 0.4) is 0 Å². The number of thiocarbonyl (C=S) groups is 1. The fourth-order valence-electron chi connectivity index (χ4n) is 1.73. The number of hydrogen-bond donors (Lipinski definition) is 3. The fraction of sp³-hybridized carbons (Fsp3) is 0.133. The Labute approximate surface area is 128 Å². The fourth-order valence-corrected chi connectivity index (χ4v) is 1.89. The van der Waals surface area contributed by atoms with Crippen molar-refractivity contribution in [3.8, 4) is 0 Å². The molecule has 1 aromatic carbocycles. The molecule has 0 aliphatic carbocycles. The molecule has 0 bridgehead atoms. The summed E-state index contributed by atoms with van der Waals surface area (Å²) < 4.78 is 0. The van der Waals surface area contributed by atoms with Crippen LogP contribution in [-0.2, 0) is 0 Å². The lowest BCUT2D eigenvalue weighted by Gasteiger charge is -2.14. The molecule has 108 valence electrons. The molecular formula is C15H16N4OS. The van der Waals surface area contributed by atoms with E-state index in [0.29, 0.717) is 10.7 Å². The van der Waals surface area contributed by atoms with E-state index in [-0.39, 0.29) is 5.91 Å². The molecule has 0 fully saturated rings. The standard InChI is InChI=1S/C15H16N4OS/c1-10-4-3-5-13(11(10)2)17-15(21)19-18-14(20)12-6-8-16-9-7-12/h3-9H,1-2H3,(H,18,20)(H2,17,19,21). The lowest BCUT2D eigenvalue weighted by Crippen LogP contribution is -2.43. The third kappa shape index (κ3) is 4.00. The number of benzene rings is 1. The Morgan fingerprint density at radius 2 is 1.81 bits per heavy atom. The van der Waals surface area contributed by atoms with Gasteiger partial charge in [0.2, 0.25) is 0 Å². The van der Waals surface area contributed by atoms with E-state index >= 15 is 0 Å². The Morgan fingerprint density at radius 1 is 1.10 bits per heavy atom. The largest absolute Gasteiger partial charge is 0.331 e. The van der Waals surface area contributed by atoms with E-state index in [1.165, 1.54) is 5.56 Å². The van der Waals surface area contributed by atoms with Crippen molar-refractivity contribution in [1.82, 2.24) is 15.8 Å². The summed E-state index contributed by atoms with van der Waals surface area (Å²) in [6, 6.07) is 9.16. The predicted molar refractivity (Wildman–Crippen MR) is 87.0 cm³/mol. The van der Waals surface area contributed by atoms with Crippen molar-refractivity contribution in [3.63, 3.8) is 0 Å². The van der Waals surface area contributed by atoms with Gasteiger partial charge in [0.05, 0.1) is 0 Å². The number of pyridine rings is 1. The van der Waals surface area contributed by atoms with E-state index < -0.39 is 0 Å². The minimum absolute atomic E-state index is 0.275. The minimum Gasteiger partial charge on any atom is -0.331 e. The normalized spacial score (nSPS) is 9.81. The van der Waals surface area contributed by atoms with Crippen molar-refractivity contribution in [2.45, 2.75) is 13.8 Å². The van der Waals surface area contributed by atoms with Gasteiger partial charge in [0.25, 0.3) is 5.91 Å². The van der Waals surface area contributed by atoms with Crippen LogP contribution in [0.5, 0.6) is 0 Å². The SMILES string of the molecule is Cc1cccc(NC(=S)NNC(=O)c2ccncc2)c1C. The van der Waals surface area contributed by atoms with Crippen molar-refractivity contribution < 1.29 is 4.79 Å². The highest BCUT2D eigenvalue weighted by atomic mass is 32.1. The molecule has 2 aromatic rings. The third-order valence-electron chi connectivity index (χ3n) is 3.08. The van der Waals surface area contributed by atoms with E-state index in [4.69, 9.17) is 12.2 Å². The van der Waals surface area contributed by atoms with Gasteiger partial charge < -0.3 is 5.32 Å². The van der Waals surface area contributed by atoms with Crippen molar-refractivity contribution in [1.29, 1.82) is 0 Å². The molecular weight excluding hydrogens is 284 g/mol. The summed E-state index contributed by atoms with van der Waals surface area (Å²) >= 11 is 5.16. The molecule has 2 rings (SSSR count). The van der Waals surface area contributed by atoms with E-state index in [1.54, 1.807) is 24.5 Å². The number of aryl methyl sites for hydroxylation is 1. The van der Waals surface area contributed by atoms with E-state index in [0.717, 1.165) is 11.3 Å². The number of anilines is 1. The quantitative estimate of drug-likeness (QED) is 0.587. The maximum atomic E-state index is 11.8. The highest BCUT2D eigenvalue weighted by molar-refractivity contribution is 7.80. The van der Waals surface area contributed by atoms with Gasteiger partial charge in [-0.15, -0.1) is 0 Å². The molecule has 0 saturated carbocycles. The van der Waals surface area contributed by atoms with Crippen LogP contribution in [0.1, 0.15) is 21.5 Å². The van der Waals surface area contributed by atoms with Crippen LogP contribution < -0.4 is 16.2 Å². The van der Waals surface area contributed by atoms with Crippen LogP contribution in [0.2, 0.25) is 0 Å². The zero-order chi connectivity index (χ0) is 15.2. The molecule has 5 nitrogen and oxygen atoms in total. The third-order valence-corrected chi connectivity index (χ3v) is 3.29. The van der Waals surface area contributed by atoms with Crippen molar-refractivity contribution in [2.24, 2.45) is 0 Å². The van der Waals surface area contributed by atoms with Crippen molar-refractivity contribution in [3.05, 3.63) is 59.4 Å². The molecule has 1 amide bonds. The first kappa shape index (κ1) is 14.9. The summed E-state index contributed by atoms with van der Waals surface area (Å²) in [6.07, 6.45) is 3.11. The molecule has 0 aliphatic rings. The molecule has 0 spiro atoms. The van der Waals surface area contributed by atoms with Crippen LogP contribution in [0.25, 0.3) is 0 Å². The minimum atomic E-state index is -0.275. The number of carbonyl (C=O) groups excluding carboxylic acids is 1. The molecule has 1 heterocycles. The number of hydrazine groups is 1. The van der Waals surface area contributed by atoms with Gasteiger partial charge in [-0.2, -0.15) is 0 Å². The summed E-state index contributed by atoms with van der Waals surface area (Å²) in [4.78, 5) is 15.7. The molecule has 0 unspecified atom stereocenters. The number of nitrogens with zero attached hydrogens (tertiary/aromatic N) is 1. The van der Waals surface area contributed by atoms with Crippen molar-refractivity contribution in [2.75, 3.05) is 5.32 Å². The highest BCUT2D eigenvalue weighted by Gasteiger charge is 2.06. The molecule has 1 aromatic heterocycles. The second-order valence-electron chi connectivity index (χ2n) is 4.52. The van der Waals surface area contributed by atoms with E-state index in [2.05, 4.69) is 21.2 Å². The van der Waals surface area contributed by atoms with Crippen LogP contribution >= 0.6 is 12.2 Å². The zero-order valence-electron chi connectivity index (χ0n) is 11.8. The zero-order valence-corrected chi connectivity index (χ0v) is 12.6. The van der Waals surface area contributed by atoms with Gasteiger partial charge in [-0.1, -0.05) is 12.1 Å². The number of carbonyl (C=O) groups is 1. The summed E-state index contributed by atoms with van der Waals surface area (Å²) in [7, 11) is 0. The Hall–Kier alpha value is -2.47. The van der Waals surface area contributed by atoms with Gasteiger partial charge >= 0.3 is 0 Å². The molecule has 0 radical (unpaired) electrons. The van der Waals surface area contributed by atoms with Crippen LogP contribution in [0.15, 0.2) is 42.7 Å². The van der Waals surface area contributed by atoms with Gasteiger partial charge in [-0.25, -0.2) is 0 Å². The smallest absolute Gasteiger partial charge is 0.269 e. The monoisotopic (exact) mass is 300 g/mol. The topological polar surface area (TPSA) is 66.0 Å². The maximum absolute atomic E-state index is 11.8. The summed E-state index contributed by atoms with van der Waals surface area (Å²) in [6.45, 7) is 4.04. The van der Waals surface area contributed by atoms with Crippen LogP contribution in [0.4, 0.5) is 5.69 Å². The Morgan fingerprint density at radius 3 is 2.52 bits per heavy atom. The Balaban J connectivity index is 1.91. The van der Waals surface area contributed by atoms with Gasteiger partial charge in [-0.05, 0) is 55.4 Å². The lowest BCUT2D eigenvalue weighted by atomic mass is 10.1. The summed E-state index contributed by atoms with van der Waals surface area (Å²) in [5.41, 5.74) is 8.91. The molecule has 6 heteroatoms. The average molecular weight is 300 g/mol. The first-order valence-corrected chi connectivity index (χ1v) is 6.82. The Bertz CT molecular complexity index is 658. The van der Waals surface area contributed by atoms with Gasteiger partial charge in [0, 0.05) is 23.6 Å². The number of hydrogen-bond acceptors (Lipinski definition) is 3. The van der Waals surface area contributed by atoms with Crippen molar-refractivity contribution >= 4 is 28.9 Å².